The van der Waals surface area contributed by atoms with Crippen molar-refractivity contribution in [1.29, 1.82) is 5.41 Å². The fourth-order valence-electron chi connectivity index (χ4n) is 3.55. The summed E-state index contributed by atoms with van der Waals surface area (Å²) in [4.78, 5) is 11.7. The Balaban J connectivity index is 1.99. The van der Waals surface area contributed by atoms with Crippen molar-refractivity contribution in [3.8, 4) is 11.5 Å². The molecule has 0 aliphatic carbocycles. The van der Waals surface area contributed by atoms with Gasteiger partial charge in [-0.3, -0.25) is 4.79 Å². The summed E-state index contributed by atoms with van der Waals surface area (Å²) >= 11 is 14.1. The number of hydrogen-bond donors (Lipinski definition) is 2. The SMILES string of the molecule is CCCc1c(OCCCSc2ccc(CC(=O)O)c(Cl)c2Cl)ccc(C(=N)CC(C)(C)C)c1[OH2+]. The third-order valence-corrected chi connectivity index (χ3v) is 7.25. The van der Waals surface area contributed by atoms with Gasteiger partial charge in [0.2, 0.25) is 0 Å². The molecule has 0 fully saturated rings. The van der Waals surface area contributed by atoms with Crippen molar-refractivity contribution in [2.75, 3.05) is 12.4 Å². The number of halogens is 2. The number of ether oxygens (including phenoxy) is 1. The fraction of sp³-hybridized carbons (Fsp3) is 0.462. The highest BCUT2D eigenvalue weighted by Gasteiger charge is 2.23. The first kappa shape index (κ1) is 28.3. The predicted molar refractivity (Wildman–Crippen MR) is 143 cm³/mol. The standard InChI is InChI=1S/C26H33Cl2NO4S/c1-5-7-18-20(10-9-17(25(18)32)19(29)15-26(2,3)4)33-12-6-13-34-21-11-8-16(14-22(30)31)23(27)24(21)28/h8-11,29,32H,5-7,12-15H2,1-4H3,(H,30,31)/p+1. The highest BCUT2D eigenvalue weighted by atomic mass is 35.5. The summed E-state index contributed by atoms with van der Waals surface area (Å²) in [5.74, 6) is 0.904. The molecule has 2 rings (SSSR count). The lowest BCUT2D eigenvalue weighted by Crippen LogP contribution is -2.14. The zero-order valence-electron chi connectivity index (χ0n) is 20.2. The first-order chi connectivity index (χ1) is 15.9. The molecule has 0 saturated heterocycles. The third kappa shape index (κ3) is 8.10. The molecule has 0 amide bonds. The Bertz CT molecular complexity index is 1030. The van der Waals surface area contributed by atoms with Crippen molar-refractivity contribution >= 4 is 46.6 Å². The van der Waals surface area contributed by atoms with Gasteiger partial charge in [0.05, 0.1) is 34.2 Å². The van der Waals surface area contributed by atoms with E-state index in [2.05, 4.69) is 27.7 Å². The van der Waals surface area contributed by atoms with Gasteiger partial charge < -0.3 is 20.4 Å². The molecule has 0 aliphatic heterocycles. The second-order valence-corrected chi connectivity index (χ2v) is 11.3. The van der Waals surface area contributed by atoms with Gasteiger partial charge in [-0.25, -0.2) is 0 Å². The minimum Gasteiger partial charge on any atom is -0.593 e. The van der Waals surface area contributed by atoms with Crippen LogP contribution in [0.2, 0.25) is 10.0 Å². The summed E-state index contributed by atoms with van der Waals surface area (Å²) in [5, 5.41) is 26.8. The van der Waals surface area contributed by atoms with Crippen molar-refractivity contribution in [3.63, 3.8) is 0 Å². The van der Waals surface area contributed by atoms with E-state index in [1.165, 1.54) is 0 Å². The van der Waals surface area contributed by atoms with Gasteiger partial charge in [-0.2, -0.15) is 0 Å². The van der Waals surface area contributed by atoms with Crippen LogP contribution in [0.15, 0.2) is 29.2 Å². The molecular formula is C26H34Cl2NO4S+. The molecule has 2 aromatic carbocycles. The Morgan fingerprint density at radius 3 is 2.50 bits per heavy atom. The van der Waals surface area contributed by atoms with Crippen LogP contribution in [0.5, 0.6) is 11.5 Å². The van der Waals surface area contributed by atoms with Crippen LogP contribution in [-0.2, 0) is 17.6 Å². The molecule has 0 saturated carbocycles. The molecule has 2 aromatic rings. The van der Waals surface area contributed by atoms with Crippen LogP contribution in [-0.4, -0.2) is 34.3 Å². The molecule has 0 spiro atoms. The second-order valence-electron chi connectivity index (χ2n) is 9.40. The van der Waals surface area contributed by atoms with E-state index in [-0.39, 0.29) is 16.9 Å². The summed E-state index contributed by atoms with van der Waals surface area (Å²) in [5.41, 5.74) is 2.52. The lowest BCUT2D eigenvalue weighted by molar-refractivity contribution is -0.136. The van der Waals surface area contributed by atoms with E-state index in [0.717, 1.165) is 35.5 Å². The molecule has 0 unspecified atom stereocenters. The number of carboxylic acids is 1. The Morgan fingerprint density at radius 1 is 1.18 bits per heavy atom. The molecule has 0 aliphatic rings. The van der Waals surface area contributed by atoms with Crippen molar-refractivity contribution < 1.29 is 19.7 Å². The lowest BCUT2D eigenvalue weighted by Gasteiger charge is -2.19. The van der Waals surface area contributed by atoms with E-state index < -0.39 is 5.97 Å². The maximum absolute atomic E-state index is 10.9. The quantitative estimate of drug-likeness (QED) is 0.130. The van der Waals surface area contributed by atoms with Crippen LogP contribution < -0.4 is 4.74 Å². The van der Waals surface area contributed by atoms with Crippen LogP contribution in [0.4, 0.5) is 0 Å². The van der Waals surface area contributed by atoms with Crippen molar-refractivity contribution in [1.82, 2.24) is 0 Å². The topological polar surface area (TPSA) is 93.3 Å². The van der Waals surface area contributed by atoms with Gasteiger partial charge in [0, 0.05) is 16.4 Å². The maximum atomic E-state index is 10.9. The molecule has 5 nitrogen and oxygen atoms in total. The predicted octanol–water partition coefficient (Wildman–Crippen LogP) is 7.38. The Labute approximate surface area is 216 Å². The van der Waals surface area contributed by atoms with Crippen LogP contribution in [0, 0.1) is 10.8 Å². The summed E-state index contributed by atoms with van der Waals surface area (Å²) in [6, 6.07) is 7.22. The summed E-state index contributed by atoms with van der Waals surface area (Å²) in [6.45, 7) is 8.85. The number of hydrogen-bond acceptors (Lipinski definition) is 4. The van der Waals surface area contributed by atoms with Gasteiger partial charge in [0.25, 0.3) is 5.75 Å². The molecule has 0 heterocycles. The lowest BCUT2D eigenvalue weighted by atomic mass is 9.86. The van der Waals surface area contributed by atoms with Gasteiger partial charge in [-0.15, -0.1) is 11.8 Å². The van der Waals surface area contributed by atoms with Crippen LogP contribution >= 0.6 is 35.0 Å². The highest BCUT2D eigenvalue weighted by Crippen LogP contribution is 2.37. The number of rotatable bonds is 12. The molecular weight excluding hydrogens is 493 g/mol. The van der Waals surface area contributed by atoms with Crippen LogP contribution in [0.1, 0.15) is 63.6 Å². The molecule has 0 aromatic heterocycles. The third-order valence-electron chi connectivity index (χ3n) is 5.07. The van der Waals surface area contributed by atoms with Crippen molar-refractivity contribution in [3.05, 3.63) is 51.0 Å². The molecule has 0 bridgehead atoms. The largest absolute Gasteiger partial charge is 0.593 e. The Hall–Kier alpha value is -1.89. The molecule has 34 heavy (non-hydrogen) atoms. The highest BCUT2D eigenvalue weighted by molar-refractivity contribution is 7.99. The van der Waals surface area contributed by atoms with E-state index in [0.29, 0.717) is 46.4 Å². The van der Waals surface area contributed by atoms with Gasteiger partial charge in [0.1, 0.15) is 5.75 Å². The zero-order valence-corrected chi connectivity index (χ0v) is 22.5. The zero-order chi connectivity index (χ0) is 25.5. The second kappa shape index (κ2) is 12.7. The van der Waals surface area contributed by atoms with E-state index in [1.807, 2.05) is 12.1 Å². The van der Waals surface area contributed by atoms with E-state index in [1.54, 1.807) is 23.9 Å². The first-order valence-corrected chi connectivity index (χ1v) is 13.1. The fourth-order valence-corrected chi connectivity index (χ4v) is 5.06. The molecule has 0 atom stereocenters. The van der Waals surface area contributed by atoms with Gasteiger partial charge in [-0.05, 0) is 48.4 Å². The first-order valence-electron chi connectivity index (χ1n) is 11.3. The molecule has 8 heteroatoms. The summed E-state index contributed by atoms with van der Waals surface area (Å²) in [6.07, 6.45) is 2.84. The van der Waals surface area contributed by atoms with Crippen molar-refractivity contribution in [2.24, 2.45) is 5.41 Å². The van der Waals surface area contributed by atoms with E-state index in [4.69, 9.17) is 43.6 Å². The summed E-state index contributed by atoms with van der Waals surface area (Å²) in [7, 11) is 0. The Morgan fingerprint density at radius 2 is 1.88 bits per heavy atom. The van der Waals surface area contributed by atoms with E-state index >= 15 is 0 Å². The number of nitrogens with one attached hydrogen (secondary N) is 1. The summed E-state index contributed by atoms with van der Waals surface area (Å²) < 4.78 is 6.03. The maximum Gasteiger partial charge on any atom is 0.307 e. The van der Waals surface area contributed by atoms with Gasteiger partial charge >= 0.3 is 5.97 Å². The van der Waals surface area contributed by atoms with Crippen molar-refractivity contribution in [2.45, 2.75) is 64.7 Å². The molecule has 186 valence electrons. The minimum absolute atomic E-state index is 0.00894. The Kier molecular flexibility index (Phi) is 10.6. The number of benzene rings is 2. The number of aliphatic carboxylic acids is 1. The minimum atomic E-state index is -0.951. The van der Waals surface area contributed by atoms with Gasteiger partial charge in [-0.1, -0.05) is 63.4 Å². The molecule has 4 N–H and O–H groups in total. The average Bonchev–Trinajstić information content (AvgIpc) is 2.73. The van der Waals surface area contributed by atoms with E-state index in [9.17, 15) is 4.79 Å². The molecule has 0 radical (unpaired) electrons. The van der Waals surface area contributed by atoms with Gasteiger partial charge in [0.15, 0.2) is 0 Å². The average molecular weight is 528 g/mol. The smallest absolute Gasteiger partial charge is 0.307 e. The number of carbonyl (C=O) groups is 1. The normalized spacial score (nSPS) is 11.5. The van der Waals surface area contributed by atoms with Crippen LogP contribution in [0.3, 0.4) is 0 Å². The van der Waals surface area contributed by atoms with Crippen LogP contribution in [0.25, 0.3) is 0 Å². The number of carboxylic acid groups (broad SMARTS) is 1. The number of thioether (sulfide) groups is 1. The monoisotopic (exact) mass is 526 g/mol.